The largest absolute Gasteiger partial charge is 0.480 e. The Hall–Kier alpha value is -2.06. The van der Waals surface area contributed by atoms with Crippen molar-refractivity contribution in [2.45, 2.75) is 18.2 Å². The van der Waals surface area contributed by atoms with E-state index in [-0.39, 0.29) is 23.2 Å². The molecule has 0 saturated heterocycles. The van der Waals surface area contributed by atoms with Crippen molar-refractivity contribution in [2.24, 2.45) is 0 Å². The molecule has 8 heteroatoms. The van der Waals surface area contributed by atoms with Crippen LogP contribution in [0, 0.1) is 0 Å². The summed E-state index contributed by atoms with van der Waals surface area (Å²) < 4.78 is 34.0. The Morgan fingerprint density at radius 2 is 2.08 bits per heavy atom. The number of aryl methyl sites for hydroxylation is 1. The van der Waals surface area contributed by atoms with Crippen LogP contribution in [0.25, 0.3) is 0 Å². The topological polar surface area (TPSA) is 84.5 Å². The van der Waals surface area contributed by atoms with Gasteiger partial charge in [0.05, 0.1) is 5.69 Å². The first-order valence-electron chi connectivity index (χ1n) is 7.27. The van der Waals surface area contributed by atoms with Crippen molar-refractivity contribution in [3.05, 3.63) is 46.4 Å². The van der Waals surface area contributed by atoms with Crippen LogP contribution in [0.4, 0.5) is 11.4 Å². The molecule has 0 bridgehead atoms. The van der Waals surface area contributed by atoms with E-state index >= 15 is 0 Å². The molecule has 24 heavy (non-hydrogen) atoms. The van der Waals surface area contributed by atoms with Gasteiger partial charge >= 0.3 is 0 Å². The molecule has 2 aromatic rings. The third-order valence-corrected chi connectivity index (χ3v) is 5.36. The molecule has 1 amide bonds. The summed E-state index contributed by atoms with van der Waals surface area (Å²) in [7, 11) is -3.88. The second-order valence-corrected chi connectivity index (χ2v) is 7.84. The average molecular weight is 411 g/mol. The molecule has 0 fully saturated rings. The van der Waals surface area contributed by atoms with E-state index in [1.165, 1.54) is 6.07 Å². The lowest BCUT2D eigenvalue weighted by molar-refractivity contribution is -0.118. The van der Waals surface area contributed by atoms with Gasteiger partial charge in [0.15, 0.2) is 12.4 Å². The number of nitrogens with one attached hydrogen (secondary N) is 2. The number of fused-ring (bicyclic) bond motifs is 1. The average Bonchev–Trinajstić information content (AvgIpc) is 2.53. The zero-order valence-electron chi connectivity index (χ0n) is 12.8. The molecule has 2 aromatic carbocycles. The Morgan fingerprint density at radius 3 is 2.83 bits per heavy atom. The fourth-order valence-corrected chi connectivity index (χ4v) is 4.25. The zero-order chi connectivity index (χ0) is 17.3. The maximum atomic E-state index is 12.8. The van der Waals surface area contributed by atoms with Crippen LogP contribution < -0.4 is 14.8 Å². The number of ether oxygens (including phenoxy) is 1. The Balaban J connectivity index is 2.02. The van der Waals surface area contributed by atoms with Crippen LogP contribution in [0.15, 0.2) is 45.8 Å². The second kappa shape index (κ2) is 6.45. The van der Waals surface area contributed by atoms with Crippen LogP contribution in [-0.2, 0) is 21.2 Å². The van der Waals surface area contributed by atoms with E-state index in [1.54, 1.807) is 24.3 Å². The van der Waals surface area contributed by atoms with E-state index in [2.05, 4.69) is 26.0 Å². The van der Waals surface area contributed by atoms with E-state index in [1.807, 2.05) is 13.0 Å². The van der Waals surface area contributed by atoms with E-state index in [9.17, 15) is 13.2 Å². The number of sulfonamides is 1. The lowest BCUT2D eigenvalue weighted by Crippen LogP contribution is -2.27. The number of hydrogen-bond acceptors (Lipinski definition) is 4. The summed E-state index contributed by atoms with van der Waals surface area (Å²) >= 11 is 3.26. The minimum Gasteiger partial charge on any atom is -0.480 e. The van der Waals surface area contributed by atoms with Gasteiger partial charge in [0, 0.05) is 10.2 Å². The number of carbonyl (C=O) groups excluding carboxylic acids is 1. The quantitative estimate of drug-likeness (QED) is 0.810. The predicted octanol–water partition coefficient (Wildman–Crippen LogP) is 3.14. The number of hydrogen-bond donors (Lipinski definition) is 2. The van der Waals surface area contributed by atoms with E-state index in [4.69, 9.17) is 4.74 Å². The van der Waals surface area contributed by atoms with Crippen molar-refractivity contribution in [1.82, 2.24) is 0 Å². The Kier molecular flexibility index (Phi) is 4.51. The summed E-state index contributed by atoms with van der Waals surface area (Å²) in [5.74, 6) is -0.190. The van der Waals surface area contributed by atoms with E-state index in [0.717, 1.165) is 12.0 Å². The van der Waals surface area contributed by atoms with Crippen LogP contribution >= 0.6 is 15.9 Å². The molecule has 0 aromatic heterocycles. The number of benzene rings is 2. The molecule has 6 nitrogen and oxygen atoms in total. The summed E-state index contributed by atoms with van der Waals surface area (Å²) in [6, 6.07) is 10.2. The van der Waals surface area contributed by atoms with Gasteiger partial charge in [0.1, 0.15) is 4.90 Å². The van der Waals surface area contributed by atoms with Crippen molar-refractivity contribution >= 4 is 43.2 Å². The molecule has 0 unspecified atom stereocenters. The van der Waals surface area contributed by atoms with E-state index in [0.29, 0.717) is 15.8 Å². The van der Waals surface area contributed by atoms with Gasteiger partial charge in [-0.05, 0) is 36.2 Å². The summed E-state index contributed by atoms with van der Waals surface area (Å²) in [5, 5.41) is 2.61. The second-order valence-electron chi connectivity index (χ2n) is 5.28. The summed E-state index contributed by atoms with van der Waals surface area (Å²) in [6.07, 6.45) is 0.803. The van der Waals surface area contributed by atoms with Gasteiger partial charge in [-0.15, -0.1) is 0 Å². The molecular weight excluding hydrogens is 396 g/mol. The maximum Gasteiger partial charge on any atom is 0.265 e. The van der Waals surface area contributed by atoms with Gasteiger partial charge in [-0.1, -0.05) is 35.0 Å². The first-order valence-corrected chi connectivity index (χ1v) is 9.54. The third-order valence-electron chi connectivity index (χ3n) is 3.52. The molecule has 1 heterocycles. The molecule has 1 aliphatic rings. The van der Waals surface area contributed by atoms with Gasteiger partial charge in [0.2, 0.25) is 0 Å². The molecule has 1 aliphatic heterocycles. The van der Waals surface area contributed by atoms with E-state index < -0.39 is 10.0 Å². The van der Waals surface area contributed by atoms with Crippen molar-refractivity contribution < 1.29 is 17.9 Å². The smallest absolute Gasteiger partial charge is 0.265 e. The molecule has 0 radical (unpaired) electrons. The van der Waals surface area contributed by atoms with Gasteiger partial charge in [0.25, 0.3) is 15.9 Å². The molecule has 2 N–H and O–H groups in total. The highest BCUT2D eigenvalue weighted by atomic mass is 79.9. The first kappa shape index (κ1) is 16.8. The van der Waals surface area contributed by atoms with Gasteiger partial charge in [-0.25, -0.2) is 8.42 Å². The summed E-state index contributed by atoms with van der Waals surface area (Å²) in [5.41, 5.74) is 1.82. The maximum absolute atomic E-state index is 12.8. The van der Waals surface area contributed by atoms with Crippen molar-refractivity contribution in [1.29, 1.82) is 0 Å². The van der Waals surface area contributed by atoms with Crippen molar-refractivity contribution in [2.75, 3.05) is 16.6 Å². The fourth-order valence-electron chi connectivity index (χ4n) is 2.40. The van der Waals surface area contributed by atoms with Crippen molar-refractivity contribution in [3.63, 3.8) is 0 Å². The van der Waals surface area contributed by atoms with Crippen LogP contribution in [0.5, 0.6) is 5.75 Å². The van der Waals surface area contributed by atoms with Crippen LogP contribution in [0.2, 0.25) is 0 Å². The normalized spacial score (nSPS) is 13.7. The minimum absolute atomic E-state index is 0.0335. The van der Waals surface area contributed by atoms with Crippen LogP contribution in [-0.4, -0.2) is 20.9 Å². The number of anilines is 2. The Bertz CT molecular complexity index is 912. The lowest BCUT2D eigenvalue weighted by Gasteiger charge is -2.21. The fraction of sp³-hybridized carbons (Fsp3) is 0.188. The summed E-state index contributed by atoms with van der Waals surface area (Å²) in [6.45, 7) is 1.78. The molecule has 0 atom stereocenters. The van der Waals surface area contributed by atoms with Crippen LogP contribution in [0.1, 0.15) is 12.5 Å². The molecular formula is C16H15BrN2O4S. The van der Waals surface area contributed by atoms with Crippen LogP contribution in [0.3, 0.4) is 0 Å². The molecule has 0 aliphatic carbocycles. The highest BCUT2D eigenvalue weighted by molar-refractivity contribution is 9.10. The Morgan fingerprint density at radius 1 is 1.29 bits per heavy atom. The SMILES string of the molecule is CCc1cccc(NS(=O)(=O)c2cc(Br)cc3c2OCC(=O)N3)c1. The third kappa shape index (κ3) is 3.39. The summed E-state index contributed by atoms with van der Waals surface area (Å²) in [4.78, 5) is 11.4. The molecule has 3 rings (SSSR count). The minimum atomic E-state index is -3.88. The zero-order valence-corrected chi connectivity index (χ0v) is 15.2. The highest BCUT2D eigenvalue weighted by Gasteiger charge is 2.27. The number of carbonyl (C=O) groups is 1. The molecule has 126 valence electrons. The number of halogens is 1. The highest BCUT2D eigenvalue weighted by Crippen LogP contribution is 2.38. The standard InChI is InChI=1S/C16H15BrN2O4S/c1-2-10-4-3-5-12(6-10)19-24(21,22)14-8-11(17)7-13-16(14)23-9-15(20)18-13/h3-8,19H,2,9H2,1H3,(H,18,20). The predicted molar refractivity (Wildman–Crippen MR) is 94.9 cm³/mol. The number of rotatable bonds is 4. The Labute approximate surface area is 148 Å². The molecule has 0 spiro atoms. The van der Waals surface area contributed by atoms with Gasteiger partial charge in [-0.2, -0.15) is 0 Å². The van der Waals surface area contributed by atoms with Crippen molar-refractivity contribution in [3.8, 4) is 5.75 Å². The lowest BCUT2D eigenvalue weighted by atomic mass is 10.1. The van der Waals surface area contributed by atoms with Gasteiger partial charge in [-0.3, -0.25) is 9.52 Å². The van der Waals surface area contributed by atoms with Gasteiger partial charge < -0.3 is 10.1 Å². The first-order chi connectivity index (χ1) is 11.4. The molecule has 0 saturated carbocycles. The monoisotopic (exact) mass is 410 g/mol. The number of amides is 1.